The predicted molar refractivity (Wildman–Crippen MR) is 53.4 cm³/mol. The second-order valence-corrected chi connectivity index (χ2v) is 3.62. The number of hydrogen-bond donors (Lipinski definition) is 1. The predicted octanol–water partition coefficient (Wildman–Crippen LogP) is 2.92. The minimum atomic E-state index is 0.511. The van der Waals surface area contributed by atoms with Gasteiger partial charge in [-0.25, -0.2) is 0 Å². The summed E-state index contributed by atoms with van der Waals surface area (Å²) in [6.45, 7) is 4.80. The van der Waals surface area contributed by atoms with Crippen molar-refractivity contribution in [3.8, 4) is 0 Å². The molecule has 66 valence electrons. The van der Waals surface area contributed by atoms with Gasteiger partial charge >= 0.3 is 0 Å². The Morgan fingerprint density at radius 2 is 2.08 bits per heavy atom. The van der Waals surface area contributed by atoms with Crippen molar-refractivity contribution in [3.63, 3.8) is 0 Å². The second kappa shape index (κ2) is 3.92. The van der Waals surface area contributed by atoms with Crippen LogP contribution >= 0.6 is 11.6 Å². The summed E-state index contributed by atoms with van der Waals surface area (Å²) in [5.41, 5.74) is 7.77. The molecule has 0 spiro atoms. The summed E-state index contributed by atoms with van der Waals surface area (Å²) in [7, 11) is 0. The van der Waals surface area contributed by atoms with E-state index in [9.17, 15) is 0 Å². The van der Waals surface area contributed by atoms with Crippen LogP contribution in [0.3, 0.4) is 0 Å². The van der Waals surface area contributed by atoms with E-state index in [2.05, 4.69) is 19.9 Å². The number of benzene rings is 1. The molecule has 0 amide bonds. The van der Waals surface area contributed by atoms with E-state index in [4.69, 9.17) is 17.3 Å². The highest BCUT2D eigenvalue weighted by atomic mass is 35.5. The lowest BCUT2D eigenvalue weighted by molar-refractivity contribution is 0.864. The van der Waals surface area contributed by atoms with Gasteiger partial charge in [-0.1, -0.05) is 37.6 Å². The normalized spacial score (nSPS) is 10.8. The molecule has 1 aromatic carbocycles. The number of hydrogen-bond acceptors (Lipinski definition) is 1. The van der Waals surface area contributed by atoms with Crippen LogP contribution in [0.25, 0.3) is 0 Å². The summed E-state index contributed by atoms with van der Waals surface area (Å²) in [5.74, 6) is 0.523. The molecule has 1 nitrogen and oxygen atoms in total. The van der Waals surface area contributed by atoms with E-state index >= 15 is 0 Å². The van der Waals surface area contributed by atoms with Crippen LogP contribution in [0.4, 0.5) is 0 Å². The van der Waals surface area contributed by atoms with Crippen LogP contribution in [0.15, 0.2) is 18.2 Å². The Kier molecular flexibility index (Phi) is 3.12. The van der Waals surface area contributed by atoms with Crippen LogP contribution in [-0.2, 0) is 6.54 Å². The van der Waals surface area contributed by atoms with E-state index in [0.29, 0.717) is 12.5 Å². The Hall–Kier alpha value is -0.530. The maximum Gasteiger partial charge on any atom is 0.0453 e. The van der Waals surface area contributed by atoms with Crippen LogP contribution < -0.4 is 5.73 Å². The molecule has 0 aliphatic carbocycles. The molecular weight excluding hydrogens is 170 g/mol. The van der Waals surface area contributed by atoms with Crippen molar-refractivity contribution in [3.05, 3.63) is 34.3 Å². The molecule has 0 saturated carbocycles. The van der Waals surface area contributed by atoms with Gasteiger partial charge < -0.3 is 5.73 Å². The quantitative estimate of drug-likeness (QED) is 0.750. The molecule has 0 aliphatic heterocycles. The van der Waals surface area contributed by atoms with Crippen molar-refractivity contribution >= 4 is 11.6 Å². The molecule has 12 heavy (non-hydrogen) atoms. The third-order valence-electron chi connectivity index (χ3n) is 1.96. The van der Waals surface area contributed by atoms with E-state index in [0.717, 1.165) is 10.6 Å². The van der Waals surface area contributed by atoms with Crippen LogP contribution in [0.5, 0.6) is 0 Å². The van der Waals surface area contributed by atoms with E-state index in [1.54, 1.807) is 0 Å². The van der Waals surface area contributed by atoms with Gasteiger partial charge in [0.1, 0.15) is 0 Å². The summed E-state index contributed by atoms with van der Waals surface area (Å²) in [6.07, 6.45) is 0. The fourth-order valence-corrected chi connectivity index (χ4v) is 1.35. The SMILES string of the molecule is CC(C)c1ccc(CN)c(Cl)c1. The fourth-order valence-electron chi connectivity index (χ4n) is 1.09. The zero-order valence-corrected chi connectivity index (χ0v) is 8.23. The highest BCUT2D eigenvalue weighted by Crippen LogP contribution is 2.22. The van der Waals surface area contributed by atoms with Crippen LogP contribution in [0, 0.1) is 0 Å². The minimum Gasteiger partial charge on any atom is -0.326 e. The standard InChI is InChI=1S/C10H14ClN/c1-7(2)8-3-4-9(6-12)10(11)5-8/h3-5,7H,6,12H2,1-2H3. The molecule has 0 fully saturated rings. The minimum absolute atomic E-state index is 0.511. The molecular formula is C10H14ClN. The molecule has 0 aromatic heterocycles. The Labute approximate surface area is 78.5 Å². The molecule has 0 unspecified atom stereocenters. The second-order valence-electron chi connectivity index (χ2n) is 3.21. The monoisotopic (exact) mass is 183 g/mol. The molecule has 0 atom stereocenters. The van der Waals surface area contributed by atoms with Gasteiger partial charge in [-0.3, -0.25) is 0 Å². The smallest absolute Gasteiger partial charge is 0.0453 e. The average Bonchev–Trinajstić information content (AvgIpc) is 2.04. The van der Waals surface area contributed by atoms with Crippen molar-refractivity contribution in [1.82, 2.24) is 0 Å². The fraction of sp³-hybridized carbons (Fsp3) is 0.400. The van der Waals surface area contributed by atoms with E-state index in [1.165, 1.54) is 5.56 Å². The molecule has 2 heteroatoms. The van der Waals surface area contributed by atoms with Crippen molar-refractivity contribution in [2.45, 2.75) is 26.3 Å². The molecule has 1 aromatic rings. The third kappa shape index (κ3) is 1.99. The number of rotatable bonds is 2. The average molecular weight is 184 g/mol. The maximum absolute atomic E-state index is 5.99. The molecule has 1 rings (SSSR count). The first-order valence-corrected chi connectivity index (χ1v) is 4.51. The van der Waals surface area contributed by atoms with Gasteiger partial charge in [0, 0.05) is 11.6 Å². The van der Waals surface area contributed by atoms with Gasteiger partial charge in [0.25, 0.3) is 0 Å². The largest absolute Gasteiger partial charge is 0.326 e. The van der Waals surface area contributed by atoms with E-state index in [1.807, 2.05) is 12.1 Å². The summed E-state index contributed by atoms with van der Waals surface area (Å²) in [5, 5.41) is 0.781. The van der Waals surface area contributed by atoms with Gasteiger partial charge in [0.2, 0.25) is 0 Å². The molecule has 0 radical (unpaired) electrons. The van der Waals surface area contributed by atoms with Gasteiger partial charge in [-0.2, -0.15) is 0 Å². The highest BCUT2D eigenvalue weighted by molar-refractivity contribution is 6.31. The van der Waals surface area contributed by atoms with Gasteiger partial charge in [0.15, 0.2) is 0 Å². The van der Waals surface area contributed by atoms with Crippen LogP contribution in [0.1, 0.15) is 30.9 Å². The number of halogens is 1. The first-order valence-electron chi connectivity index (χ1n) is 4.13. The van der Waals surface area contributed by atoms with Crippen molar-refractivity contribution < 1.29 is 0 Å². The lowest BCUT2D eigenvalue weighted by Crippen LogP contribution is -1.98. The van der Waals surface area contributed by atoms with Crippen molar-refractivity contribution in [2.75, 3.05) is 0 Å². The molecule has 0 heterocycles. The molecule has 0 bridgehead atoms. The van der Waals surface area contributed by atoms with Gasteiger partial charge in [0.05, 0.1) is 0 Å². The van der Waals surface area contributed by atoms with Crippen molar-refractivity contribution in [1.29, 1.82) is 0 Å². The van der Waals surface area contributed by atoms with Crippen LogP contribution in [0.2, 0.25) is 5.02 Å². The topological polar surface area (TPSA) is 26.0 Å². The molecule has 0 saturated heterocycles. The Morgan fingerprint density at radius 1 is 1.42 bits per heavy atom. The molecule has 0 aliphatic rings. The summed E-state index contributed by atoms with van der Waals surface area (Å²) >= 11 is 5.99. The summed E-state index contributed by atoms with van der Waals surface area (Å²) in [6, 6.07) is 6.07. The zero-order chi connectivity index (χ0) is 9.14. The number of nitrogens with two attached hydrogens (primary N) is 1. The van der Waals surface area contributed by atoms with Crippen LogP contribution in [-0.4, -0.2) is 0 Å². The Morgan fingerprint density at radius 3 is 2.50 bits per heavy atom. The Bertz CT molecular complexity index is 269. The first kappa shape index (κ1) is 9.56. The first-order chi connectivity index (χ1) is 5.65. The highest BCUT2D eigenvalue weighted by Gasteiger charge is 2.02. The van der Waals surface area contributed by atoms with E-state index < -0.39 is 0 Å². The third-order valence-corrected chi connectivity index (χ3v) is 2.32. The zero-order valence-electron chi connectivity index (χ0n) is 7.47. The van der Waals surface area contributed by atoms with E-state index in [-0.39, 0.29) is 0 Å². The summed E-state index contributed by atoms with van der Waals surface area (Å²) < 4.78 is 0. The van der Waals surface area contributed by atoms with Crippen molar-refractivity contribution in [2.24, 2.45) is 5.73 Å². The molecule has 2 N–H and O–H groups in total. The Balaban J connectivity index is 3.02. The lowest BCUT2D eigenvalue weighted by atomic mass is 10.0. The van der Waals surface area contributed by atoms with Gasteiger partial charge in [-0.05, 0) is 23.1 Å². The lowest BCUT2D eigenvalue weighted by Gasteiger charge is -2.07. The summed E-state index contributed by atoms with van der Waals surface area (Å²) in [4.78, 5) is 0. The van der Waals surface area contributed by atoms with Gasteiger partial charge in [-0.15, -0.1) is 0 Å². The maximum atomic E-state index is 5.99.